The summed E-state index contributed by atoms with van der Waals surface area (Å²) < 4.78 is 11.9. The number of nitrogens with one attached hydrogen (secondary N) is 1. The first-order valence-corrected chi connectivity index (χ1v) is 12.5. The van der Waals surface area contributed by atoms with E-state index in [1.54, 1.807) is 11.0 Å². The van der Waals surface area contributed by atoms with Crippen molar-refractivity contribution < 1.29 is 29.3 Å². The van der Waals surface area contributed by atoms with Crippen molar-refractivity contribution in [2.24, 2.45) is 0 Å². The van der Waals surface area contributed by atoms with Crippen LogP contribution in [0.1, 0.15) is 35.4 Å². The van der Waals surface area contributed by atoms with Gasteiger partial charge in [-0.25, -0.2) is 0 Å². The van der Waals surface area contributed by atoms with E-state index in [4.69, 9.17) is 9.47 Å². The van der Waals surface area contributed by atoms with Crippen molar-refractivity contribution >= 4 is 11.8 Å². The highest BCUT2D eigenvalue weighted by atomic mass is 16.5. The molecule has 3 N–H and O–H groups in total. The van der Waals surface area contributed by atoms with Crippen LogP contribution in [0.15, 0.2) is 60.2 Å². The SMILES string of the molecule is Cc1ccc(CN(C(=O)C2CCCO2)[C@@H]2C=C(C(=O)NCCO)[C@@H]3c4ccccc4O[C@@H]3[C@H]2O)cc1. The summed E-state index contributed by atoms with van der Waals surface area (Å²) in [5, 5.41) is 23.6. The number of amides is 2. The lowest BCUT2D eigenvalue weighted by atomic mass is 9.77. The third-order valence-electron chi connectivity index (χ3n) is 7.20. The Morgan fingerprint density at radius 3 is 2.64 bits per heavy atom. The molecule has 36 heavy (non-hydrogen) atoms. The van der Waals surface area contributed by atoms with Crippen LogP contribution in [-0.4, -0.2) is 71.0 Å². The van der Waals surface area contributed by atoms with Crippen LogP contribution in [0.25, 0.3) is 0 Å². The van der Waals surface area contributed by atoms with E-state index in [1.165, 1.54) is 0 Å². The molecule has 2 amide bonds. The molecule has 1 aliphatic carbocycles. The Kier molecular flexibility index (Phi) is 7.09. The lowest BCUT2D eigenvalue weighted by Crippen LogP contribution is -2.57. The quantitative estimate of drug-likeness (QED) is 0.544. The van der Waals surface area contributed by atoms with Gasteiger partial charge in [-0.3, -0.25) is 9.59 Å². The fraction of sp³-hybridized carbons (Fsp3) is 0.429. The molecule has 2 aromatic carbocycles. The molecule has 8 nitrogen and oxygen atoms in total. The Morgan fingerprint density at radius 2 is 1.92 bits per heavy atom. The van der Waals surface area contributed by atoms with E-state index in [1.807, 2.05) is 55.5 Å². The molecule has 1 saturated heterocycles. The lowest BCUT2D eigenvalue weighted by Gasteiger charge is -2.41. The zero-order chi connectivity index (χ0) is 25.2. The van der Waals surface area contributed by atoms with E-state index in [2.05, 4.69) is 5.32 Å². The van der Waals surface area contributed by atoms with E-state index in [0.29, 0.717) is 24.4 Å². The fourth-order valence-electron chi connectivity index (χ4n) is 5.37. The summed E-state index contributed by atoms with van der Waals surface area (Å²) in [6, 6.07) is 14.5. The number of benzene rings is 2. The predicted molar refractivity (Wildman–Crippen MR) is 132 cm³/mol. The van der Waals surface area contributed by atoms with Crippen molar-refractivity contribution in [3.05, 3.63) is 76.9 Å². The second-order valence-electron chi connectivity index (χ2n) is 9.63. The third kappa shape index (κ3) is 4.64. The summed E-state index contributed by atoms with van der Waals surface area (Å²) >= 11 is 0. The number of carbonyl (C=O) groups is 2. The summed E-state index contributed by atoms with van der Waals surface area (Å²) in [4.78, 5) is 28.6. The lowest BCUT2D eigenvalue weighted by molar-refractivity contribution is -0.147. The minimum absolute atomic E-state index is 0.102. The number of aliphatic hydroxyl groups excluding tert-OH is 2. The topological polar surface area (TPSA) is 108 Å². The summed E-state index contributed by atoms with van der Waals surface area (Å²) in [5.74, 6) is -0.428. The maximum Gasteiger partial charge on any atom is 0.252 e. The minimum atomic E-state index is -1.06. The molecule has 2 aliphatic heterocycles. The number of fused-ring (bicyclic) bond motifs is 3. The summed E-state index contributed by atoms with van der Waals surface area (Å²) in [6.07, 6.45) is 0.744. The van der Waals surface area contributed by atoms with E-state index in [0.717, 1.165) is 23.1 Å². The van der Waals surface area contributed by atoms with Gasteiger partial charge in [0.15, 0.2) is 0 Å². The van der Waals surface area contributed by atoms with Gasteiger partial charge in [-0.15, -0.1) is 0 Å². The first kappa shape index (κ1) is 24.5. The molecule has 0 spiro atoms. The molecule has 5 rings (SSSR count). The molecule has 5 atom stereocenters. The van der Waals surface area contributed by atoms with Crippen LogP contribution in [-0.2, 0) is 20.9 Å². The Hall–Kier alpha value is -3.20. The Bertz CT molecular complexity index is 1140. The molecule has 0 saturated carbocycles. The van der Waals surface area contributed by atoms with Crippen molar-refractivity contribution in [2.75, 3.05) is 19.8 Å². The van der Waals surface area contributed by atoms with Gasteiger partial charge in [-0.05, 0) is 37.5 Å². The molecular formula is C28H32N2O6. The van der Waals surface area contributed by atoms with Crippen LogP contribution in [0.2, 0.25) is 0 Å². The first-order valence-electron chi connectivity index (χ1n) is 12.5. The monoisotopic (exact) mass is 492 g/mol. The molecule has 0 bridgehead atoms. The molecule has 8 heteroatoms. The van der Waals surface area contributed by atoms with Gasteiger partial charge < -0.3 is 29.9 Å². The summed E-state index contributed by atoms with van der Waals surface area (Å²) in [5.41, 5.74) is 3.26. The van der Waals surface area contributed by atoms with Gasteiger partial charge >= 0.3 is 0 Å². The molecule has 1 unspecified atom stereocenters. The van der Waals surface area contributed by atoms with Crippen LogP contribution in [0.4, 0.5) is 0 Å². The van der Waals surface area contributed by atoms with Crippen molar-refractivity contribution in [1.29, 1.82) is 0 Å². The van der Waals surface area contributed by atoms with Gasteiger partial charge in [0.25, 0.3) is 5.91 Å². The number of aliphatic hydroxyl groups is 2. The van der Waals surface area contributed by atoms with Crippen molar-refractivity contribution in [3.63, 3.8) is 0 Å². The maximum absolute atomic E-state index is 13.7. The van der Waals surface area contributed by atoms with Crippen molar-refractivity contribution in [3.8, 4) is 5.75 Å². The number of hydrogen-bond acceptors (Lipinski definition) is 6. The van der Waals surface area contributed by atoms with E-state index >= 15 is 0 Å². The molecular weight excluding hydrogens is 460 g/mol. The molecule has 2 heterocycles. The molecule has 2 aromatic rings. The van der Waals surface area contributed by atoms with Gasteiger partial charge in [0.2, 0.25) is 5.91 Å². The van der Waals surface area contributed by atoms with Crippen LogP contribution >= 0.6 is 0 Å². The number of aryl methyl sites for hydroxylation is 1. The molecule has 0 aromatic heterocycles. The van der Waals surface area contributed by atoms with Gasteiger partial charge in [0, 0.05) is 30.8 Å². The minimum Gasteiger partial charge on any atom is -0.486 e. The number of nitrogens with zero attached hydrogens (tertiary/aromatic N) is 1. The highest BCUT2D eigenvalue weighted by molar-refractivity contribution is 5.96. The Balaban J connectivity index is 1.55. The van der Waals surface area contributed by atoms with Crippen LogP contribution < -0.4 is 10.1 Å². The fourth-order valence-corrected chi connectivity index (χ4v) is 5.37. The Morgan fingerprint density at radius 1 is 1.14 bits per heavy atom. The average molecular weight is 493 g/mol. The number of ether oxygens (including phenoxy) is 2. The molecule has 0 radical (unpaired) electrons. The highest BCUT2D eigenvalue weighted by Gasteiger charge is 2.51. The normalized spacial score (nSPS) is 26.4. The zero-order valence-electron chi connectivity index (χ0n) is 20.3. The second-order valence-corrected chi connectivity index (χ2v) is 9.63. The van der Waals surface area contributed by atoms with Gasteiger partial charge in [-0.1, -0.05) is 48.0 Å². The van der Waals surface area contributed by atoms with E-state index in [9.17, 15) is 19.8 Å². The number of para-hydroxylation sites is 1. The Labute approximate surface area is 210 Å². The van der Waals surface area contributed by atoms with Crippen LogP contribution in [0, 0.1) is 6.92 Å². The standard InChI is InChI=1S/C28H32N2O6/c1-17-8-10-18(11-9-17)16-30(28(34)23-7-4-14-35-23)21-15-20(27(33)29-12-13-31)24-19-5-2-3-6-22(19)36-26(24)25(21)32/h2-3,5-6,8-11,15,21,23-26,31-32H,4,7,12-14,16H2,1H3,(H,29,33)/t21-,23?,24+,25+,26+/m1/s1. The third-order valence-corrected chi connectivity index (χ3v) is 7.20. The predicted octanol–water partition coefficient (Wildman–Crippen LogP) is 1.83. The second kappa shape index (κ2) is 10.4. The van der Waals surface area contributed by atoms with E-state index < -0.39 is 30.3 Å². The first-order chi connectivity index (χ1) is 17.5. The molecule has 1 fully saturated rings. The van der Waals surface area contributed by atoms with Crippen molar-refractivity contribution in [2.45, 2.75) is 56.6 Å². The van der Waals surface area contributed by atoms with Crippen LogP contribution in [0.5, 0.6) is 5.75 Å². The van der Waals surface area contributed by atoms with Crippen molar-refractivity contribution in [1.82, 2.24) is 10.2 Å². The highest BCUT2D eigenvalue weighted by Crippen LogP contribution is 2.47. The van der Waals surface area contributed by atoms with Gasteiger partial charge in [0.1, 0.15) is 24.1 Å². The number of carbonyl (C=O) groups excluding carboxylic acids is 2. The number of hydrogen-bond donors (Lipinski definition) is 3. The molecule has 3 aliphatic rings. The largest absolute Gasteiger partial charge is 0.486 e. The molecule has 190 valence electrons. The van der Waals surface area contributed by atoms with Crippen LogP contribution in [0.3, 0.4) is 0 Å². The average Bonchev–Trinajstić information content (AvgIpc) is 3.56. The summed E-state index contributed by atoms with van der Waals surface area (Å²) in [7, 11) is 0. The smallest absolute Gasteiger partial charge is 0.252 e. The maximum atomic E-state index is 13.7. The number of rotatable bonds is 7. The van der Waals surface area contributed by atoms with E-state index in [-0.39, 0.29) is 31.5 Å². The van der Waals surface area contributed by atoms with Gasteiger partial charge in [-0.2, -0.15) is 0 Å². The zero-order valence-corrected chi connectivity index (χ0v) is 20.3. The van der Waals surface area contributed by atoms with Gasteiger partial charge in [0.05, 0.1) is 18.6 Å². The summed E-state index contributed by atoms with van der Waals surface area (Å²) in [6.45, 7) is 2.69.